The molecule has 2 amide bonds. The number of nitrogens with zero attached hydrogens (tertiary/aromatic N) is 3. The minimum atomic E-state index is -0.0966. The summed E-state index contributed by atoms with van der Waals surface area (Å²) in [7, 11) is 0. The Hall–Kier alpha value is -2.28. The molecule has 1 unspecified atom stereocenters. The maximum atomic E-state index is 12.5. The number of thioether (sulfide) groups is 1. The fourth-order valence-electron chi connectivity index (χ4n) is 2.89. The highest BCUT2D eigenvalue weighted by Crippen LogP contribution is 2.34. The van der Waals surface area contributed by atoms with Gasteiger partial charge in [0.25, 0.3) is 0 Å². The van der Waals surface area contributed by atoms with Gasteiger partial charge in [0, 0.05) is 55.0 Å². The van der Waals surface area contributed by atoms with E-state index in [4.69, 9.17) is 0 Å². The molecule has 1 atom stereocenters. The molecule has 1 N–H and O–H groups in total. The number of benzene rings is 1. The van der Waals surface area contributed by atoms with Crippen molar-refractivity contribution in [3.8, 4) is 0 Å². The lowest BCUT2D eigenvalue weighted by Crippen LogP contribution is -2.38. The molecule has 1 aliphatic rings. The Kier molecular flexibility index (Phi) is 5.75. The van der Waals surface area contributed by atoms with Crippen LogP contribution in [0.1, 0.15) is 19.8 Å². The summed E-state index contributed by atoms with van der Waals surface area (Å²) < 4.78 is 1.92. The maximum absolute atomic E-state index is 12.5. The van der Waals surface area contributed by atoms with Crippen molar-refractivity contribution in [1.29, 1.82) is 0 Å². The number of carbonyl (C=O) groups is 2. The van der Waals surface area contributed by atoms with Crippen LogP contribution in [0.5, 0.6) is 0 Å². The van der Waals surface area contributed by atoms with Gasteiger partial charge in [0.05, 0.1) is 12.0 Å². The third-order valence-electron chi connectivity index (χ3n) is 4.05. The van der Waals surface area contributed by atoms with Gasteiger partial charge in [-0.05, 0) is 19.1 Å². The number of hydrogen-bond acceptors (Lipinski definition) is 4. The van der Waals surface area contributed by atoms with Gasteiger partial charge in [-0.3, -0.25) is 9.59 Å². The molecule has 0 radical (unpaired) electrons. The third kappa shape index (κ3) is 4.63. The third-order valence-corrected chi connectivity index (χ3v) is 5.09. The summed E-state index contributed by atoms with van der Waals surface area (Å²) in [5.41, 5.74) is 0.956. The van der Waals surface area contributed by atoms with Crippen LogP contribution in [0.3, 0.4) is 0 Å². The van der Waals surface area contributed by atoms with Crippen LogP contribution in [-0.4, -0.2) is 39.7 Å². The molecular weight excluding hydrogens is 336 g/mol. The van der Waals surface area contributed by atoms with E-state index in [1.165, 1.54) is 0 Å². The van der Waals surface area contributed by atoms with E-state index < -0.39 is 0 Å². The van der Waals surface area contributed by atoms with Crippen LogP contribution >= 0.6 is 11.8 Å². The first-order valence-corrected chi connectivity index (χ1v) is 9.39. The zero-order valence-electron chi connectivity index (χ0n) is 14.2. The predicted octanol–water partition coefficient (Wildman–Crippen LogP) is 2.31. The lowest BCUT2D eigenvalue weighted by molar-refractivity contribution is -0.125. The van der Waals surface area contributed by atoms with Crippen molar-refractivity contribution >= 4 is 29.3 Å². The molecule has 0 bridgehead atoms. The molecular formula is C18H22N4O2S. The molecule has 0 aliphatic carbocycles. The van der Waals surface area contributed by atoms with Crippen molar-refractivity contribution in [3.63, 3.8) is 0 Å². The minimum Gasteiger partial charge on any atom is -0.352 e. The van der Waals surface area contributed by atoms with Gasteiger partial charge in [-0.2, -0.15) is 0 Å². The van der Waals surface area contributed by atoms with E-state index >= 15 is 0 Å². The first-order chi connectivity index (χ1) is 12.1. The van der Waals surface area contributed by atoms with Crippen LogP contribution < -0.4 is 10.2 Å². The Morgan fingerprint density at radius 1 is 1.32 bits per heavy atom. The van der Waals surface area contributed by atoms with E-state index in [9.17, 15) is 9.59 Å². The number of rotatable bonds is 6. The molecule has 1 aliphatic heterocycles. The number of amides is 2. The molecule has 1 aromatic carbocycles. The highest BCUT2D eigenvalue weighted by molar-refractivity contribution is 7.99. The van der Waals surface area contributed by atoms with Crippen LogP contribution in [0, 0.1) is 0 Å². The summed E-state index contributed by atoms with van der Waals surface area (Å²) >= 11 is 1.76. The molecule has 2 aromatic rings. The Morgan fingerprint density at radius 2 is 2.16 bits per heavy atom. The molecule has 0 fully saturated rings. The van der Waals surface area contributed by atoms with Crippen molar-refractivity contribution < 1.29 is 9.59 Å². The van der Waals surface area contributed by atoms with Crippen LogP contribution in [0.4, 0.5) is 5.69 Å². The summed E-state index contributed by atoms with van der Waals surface area (Å²) in [4.78, 5) is 31.5. The number of carbonyl (C=O) groups excluding carboxylic acids is 2. The van der Waals surface area contributed by atoms with Gasteiger partial charge in [-0.15, -0.1) is 11.8 Å². The highest BCUT2D eigenvalue weighted by atomic mass is 32.2. The summed E-state index contributed by atoms with van der Waals surface area (Å²) in [6, 6.07) is 7.91. The number of nitrogens with one attached hydrogen (secondary N) is 1. The van der Waals surface area contributed by atoms with Crippen molar-refractivity contribution in [1.82, 2.24) is 14.9 Å². The average molecular weight is 358 g/mol. The first kappa shape index (κ1) is 17.5. The number of hydrogen-bond donors (Lipinski definition) is 1. The predicted molar refractivity (Wildman–Crippen MR) is 98.6 cm³/mol. The molecule has 0 saturated heterocycles. The van der Waals surface area contributed by atoms with Crippen LogP contribution in [0.15, 0.2) is 47.9 Å². The number of para-hydroxylation sites is 1. The lowest BCUT2D eigenvalue weighted by Gasteiger charge is -2.29. The number of imidazole rings is 1. The largest absolute Gasteiger partial charge is 0.352 e. The zero-order valence-corrected chi connectivity index (χ0v) is 15.0. The number of aromatic nitrogens is 2. The second-order valence-electron chi connectivity index (χ2n) is 6.09. The van der Waals surface area contributed by atoms with Gasteiger partial charge in [0.15, 0.2) is 0 Å². The quantitative estimate of drug-likeness (QED) is 0.860. The van der Waals surface area contributed by atoms with Gasteiger partial charge in [0.1, 0.15) is 0 Å². The van der Waals surface area contributed by atoms with Crippen molar-refractivity contribution in [3.05, 3.63) is 43.0 Å². The molecule has 2 heterocycles. The van der Waals surface area contributed by atoms with Gasteiger partial charge in [0.2, 0.25) is 11.8 Å². The van der Waals surface area contributed by atoms with Gasteiger partial charge in [-0.25, -0.2) is 4.98 Å². The smallest absolute Gasteiger partial charge is 0.227 e. The summed E-state index contributed by atoms with van der Waals surface area (Å²) in [6.07, 6.45) is 5.72. The van der Waals surface area contributed by atoms with Crippen molar-refractivity contribution in [2.24, 2.45) is 0 Å². The SMILES string of the molecule is CC(Cn1ccnc1)NC(=O)CCC(=O)N1CCSc2ccccc21. The van der Waals surface area contributed by atoms with E-state index in [0.717, 1.165) is 16.3 Å². The minimum absolute atomic E-state index is 0.00478. The topological polar surface area (TPSA) is 67.2 Å². The monoisotopic (exact) mass is 358 g/mol. The average Bonchev–Trinajstić information content (AvgIpc) is 3.12. The fourth-order valence-corrected chi connectivity index (χ4v) is 3.88. The van der Waals surface area contributed by atoms with E-state index in [1.807, 2.05) is 42.0 Å². The van der Waals surface area contributed by atoms with Crippen LogP contribution in [-0.2, 0) is 16.1 Å². The highest BCUT2D eigenvalue weighted by Gasteiger charge is 2.23. The van der Waals surface area contributed by atoms with E-state index in [1.54, 1.807) is 29.2 Å². The van der Waals surface area contributed by atoms with E-state index in [-0.39, 0.29) is 30.7 Å². The van der Waals surface area contributed by atoms with Gasteiger partial charge < -0.3 is 14.8 Å². The summed E-state index contributed by atoms with van der Waals surface area (Å²) in [5, 5.41) is 2.93. The Balaban J connectivity index is 1.48. The number of anilines is 1. The Morgan fingerprint density at radius 3 is 2.96 bits per heavy atom. The summed E-state index contributed by atoms with van der Waals surface area (Å²) in [5.74, 6) is 0.794. The van der Waals surface area contributed by atoms with E-state index in [0.29, 0.717) is 13.1 Å². The zero-order chi connectivity index (χ0) is 17.6. The van der Waals surface area contributed by atoms with Crippen molar-refractivity contribution in [2.45, 2.75) is 37.2 Å². The molecule has 3 rings (SSSR count). The van der Waals surface area contributed by atoms with Gasteiger partial charge in [-0.1, -0.05) is 12.1 Å². The standard InChI is InChI=1S/C18H22N4O2S/c1-14(12-21-9-8-19-13-21)20-17(23)6-7-18(24)22-10-11-25-16-5-3-2-4-15(16)22/h2-5,8-9,13-14H,6-7,10-12H2,1H3,(H,20,23). The second kappa shape index (κ2) is 8.20. The maximum Gasteiger partial charge on any atom is 0.227 e. The molecule has 1 aromatic heterocycles. The van der Waals surface area contributed by atoms with Crippen molar-refractivity contribution in [2.75, 3.05) is 17.2 Å². The fraction of sp³-hybridized carbons (Fsp3) is 0.389. The number of fused-ring (bicyclic) bond motifs is 1. The Labute approximate surface area is 151 Å². The molecule has 6 nitrogen and oxygen atoms in total. The normalized spacial score (nSPS) is 14.7. The Bertz CT molecular complexity index is 732. The van der Waals surface area contributed by atoms with Gasteiger partial charge >= 0.3 is 0 Å². The van der Waals surface area contributed by atoms with Crippen LogP contribution in [0.25, 0.3) is 0 Å². The molecule has 7 heteroatoms. The first-order valence-electron chi connectivity index (χ1n) is 8.41. The lowest BCUT2D eigenvalue weighted by atomic mass is 10.2. The molecule has 0 spiro atoms. The van der Waals surface area contributed by atoms with Crippen LogP contribution in [0.2, 0.25) is 0 Å². The summed E-state index contributed by atoms with van der Waals surface area (Å²) in [6.45, 7) is 3.30. The molecule has 132 valence electrons. The molecule has 0 saturated carbocycles. The van der Waals surface area contributed by atoms with E-state index in [2.05, 4.69) is 10.3 Å². The second-order valence-corrected chi connectivity index (χ2v) is 7.23. The molecule has 25 heavy (non-hydrogen) atoms.